The van der Waals surface area contributed by atoms with Gasteiger partial charge in [-0.05, 0) is 24.1 Å². The largest absolute Gasteiger partial charge is 0.481 e. The van der Waals surface area contributed by atoms with Crippen molar-refractivity contribution in [3.8, 4) is 5.69 Å². The van der Waals surface area contributed by atoms with Gasteiger partial charge in [-0.1, -0.05) is 12.1 Å². The van der Waals surface area contributed by atoms with Crippen LogP contribution in [0.2, 0.25) is 0 Å². The highest BCUT2D eigenvalue weighted by Gasteiger charge is 2.09. The van der Waals surface area contributed by atoms with Gasteiger partial charge >= 0.3 is 5.97 Å². The third kappa shape index (κ3) is 2.92. The van der Waals surface area contributed by atoms with Crippen molar-refractivity contribution in [1.82, 2.24) is 14.8 Å². The van der Waals surface area contributed by atoms with E-state index >= 15 is 0 Å². The minimum Gasteiger partial charge on any atom is -0.481 e. The molecule has 1 aromatic heterocycles. The zero-order valence-electron chi connectivity index (χ0n) is 9.73. The quantitative estimate of drug-likeness (QED) is 0.824. The van der Waals surface area contributed by atoms with Crippen LogP contribution in [0.15, 0.2) is 36.9 Å². The van der Waals surface area contributed by atoms with E-state index in [9.17, 15) is 4.79 Å². The van der Waals surface area contributed by atoms with Crippen LogP contribution < -0.4 is 5.73 Å². The smallest absolute Gasteiger partial charge is 0.303 e. The number of aromatic nitrogens is 3. The van der Waals surface area contributed by atoms with Gasteiger partial charge in [-0.3, -0.25) is 4.79 Å². The van der Waals surface area contributed by atoms with Gasteiger partial charge in [-0.25, -0.2) is 9.67 Å². The fraction of sp³-hybridized carbons (Fsp3) is 0.250. The molecule has 0 fully saturated rings. The van der Waals surface area contributed by atoms with Crippen molar-refractivity contribution in [3.05, 3.63) is 42.5 Å². The molecule has 0 bridgehead atoms. The van der Waals surface area contributed by atoms with Crippen molar-refractivity contribution in [2.24, 2.45) is 5.73 Å². The summed E-state index contributed by atoms with van der Waals surface area (Å²) in [7, 11) is 0. The molecule has 0 aliphatic heterocycles. The van der Waals surface area contributed by atoms with E-state index in [-0.39, 0.29) is 12.5 Å². The van der Waals surface area contributed by atoms with Gasteiger partial charge in [0.25, 0.3) is 0 Å². The van der Waals surface area contributed by atoms with Crippen molar-refractivity contribution in [2.75, 3.05) is 0 Å². The van der Waals surface area contributed by atoms with Crippen molar-refractivity contribution in [3.63, 3.8) is 0 Å². The summed E-state index contributed by atoms with van der Waals surface area (Å²) in [5, 5.41) is 12.7. The van der Waals surface area contributed by atoms with Crippen LogP contribution in [0.3, 0.4) is 0 Å². The first-order valence-electron chi connectivity index (χ1n) is 5.59. The maximum Gasteiger partial charge on any atom is 0.303 e. The summed E-state index contributed by atoms with van der Waals surface area (Å²) in [6, 6.07) is 7.24. The Balaban J connectivity index is 2.14. The topological polar surface area (TPSA) is 94.0 Å². The van der Waals surface area contributed by atoms with Crippen LogP contribution in [0.25, 0.3) is 5.69 Å². The zero-order chi connectivity index (χ0) is 13.0. The average Bonchev–Trinajstić information content (AvgIpc) is 2.90. The molecule has 0 aliphatic rings. The molecule has 2 aromatic rings. The maximum absolute atomic E-state index is 10.5. The van der Waals surface area contributed by atoms with Gasteiger partial charge in [0.05, 0.1) is 5.69 Å². The third-order valence-electron chi connectivity index (χ3n) is 2.65. The predicted molar refractivity (Wildman–Crippen MR) is 65.2 cm³/mol. The summed E-state index contributed by atoms with van der Waals surface area (Å²) >= 11 is 0. The highest BCUT2D eigenvalue weighted by molar-refractivity contribution is 5.66. The third-order valence-corrected chi connectivity index (χ3v) is 2.65. The van der Waals surface area contributed by atoms with Crippen LogP contribution in [0.1, 0.15) is 24.4 Å². The molecule has 1 heterocycles. The van der Waals surface area contributed by atoms with Crippen molar-refractivity contribution >= 4 is 5.97 Å². The summed E-state index contributed by atoms with van der Waals surface area (Å²) in [6.45, 7) is 0. The molecule has 0 aliphatic carbocycles. The number of aliphatic carboxylic acids is 1. The Morgan fingerprint density at radius 1 is 1.50 bits per heavy atom. The number of carboxylic acid groups (broad SMARTS) is 1. The lowest BCUT2D eigenvalue weighted by atomic mass is 10.0. The van der Waals surface area contributed by atoms with E-state index < -0.39 is 5.97 Å². The van der Waals surface area contributed by atoms with E-state index in [2.05, 4.69) is 10.1 Å². The van der Waals surface area contributed by atoms with Gasteiger partial charge in [0.1, 0.15) is 12.7 Å². The molecule has 0 saturated carbocycles. The Morgan fingerprint density at radius 3 is 3.00 bits per heavy atom. The molecule has 18 heavy (non-hydrogen) atoms. The molecule has 1 atom stereocenters. The van der Waals surface area contributed by atoms with E-state index in [1.165, 1.54) is 6.33 Å². The first-order chi connectivity index (χ1) is 8.66. The predicted octanol–water partition coefficient (Wildman–Crippen LogP) is 1.13. The molecular weight excluding hydrogens is 232 g/mol. The van der Waals surface area contributed by atoms with E-state index in [4.69, 9.17) is 10.8 Å². The van der Waals surface area contributed by atoms with Crippen LogP contribution in [0, 0.1) is 0 Å². The lowest BCUT2D eigenvalue weighted by molar-refractivity contribution is -0.137. The number of benzene rings is 1. The fourth-order valence-electron chi connectivity index (χ4n) is 1.69. The first kappa shape index (κ1) is 12.3. The molecule has 0 spiro atoms. The van der Waals surface area contributed by atoms with Crippen LogP contribution >= 0.6 is 0 Å². The summed E-state index contributed by atoms with van der Waals surface area (Å²) in [6.07, 6.45) is 3.53. The Hall–Kier alpha value is -2.21. The molecule has 3 N–H and O–H groups in total. The lowest BCUT2D eigenvalue weighted by Gasteiger charge is -2.12. The summed E-state index contributed by atoms with van der Waals surface area (Å²) in [5.41, 5.74) is 7.71. The Morgan fingerprint density at radius 2 is 2.33 bits per heavy atom. The number of rotatable bonds is 5. The lowest BCUT2D eigenvalue weighted by Crippen LogP contribution is -2.12. The molecule has 2 rings (SSSR count). The standard InChI is InChI=1S/C12H14N4O2/c13-11(4-5-12(17)18)9-2-1-3-10(6-9)16-8-14-7-15-16/h1-3,6-8,11H,4-5,13H2,(H,17,18). The second-order valence-corrected chi connectivity index (χ2v) is 3.97. The van der Waals surface area contributed by atoms with E-state index in [1.807, 2.05) is 24.3 Å². The highest BCUT2D eigenvalue weighted by atomic mass is 16.4. The van der Waals surface area contributed by atoms with E-state index in [0.717, 1.165) is 11.3 Å². The number of carboxylic acids is 1. The van der Waals surface area contributed by atoms with Gasteiger partial charge in [-0.15, -0.1) is 0 Å². The molecule has 1 unspecified atom stereocenters. The number of hydrogen-bond donors (Lipinski definition) is 2. The number of hydrogen-bond acceptors (Lipinski definition) is 4. The summed E-state index contributed by atoms with van der Waals surface area (Å²) < 4.78 is 1.63. The van der Waals surface area contributed by atoms with Crippen LogP contribution in [0.4, 0.5) is 0 Å². The monoisotopic (exact) mass is 246 g/mol. The van der Waals surface area contributed by atoms with Crippen molar-refractivity contribution in [2.45, 2.75) is 18.9 Å². The maximum atomic E-state index is 10.5. The van der Waals surface area contributed by atoms with Gasteiger partial charge in [0.2, 0.25) is 0 Å². The van der Waals surface area contributed by atoms with Crippen molar-refractivity contribution in [1.29, 1.82) is 0 Å². The van der Waals surface area contributed by atoms with Gasteiger partial charge in [-0.2, -0.15) is 5.10 Å². The fourth-order valence-corrected chi connectivity index (χ4v) is 1.69. The van der Waals surface area contributed by atoms with E-state index in [0.29, 0.717) is 6.42 Å². The molecule has 1 aromatic carbocycles. The van der Waals surface area contributed by atoms with Crippen LogP contribution in [-0.2, 0) is 4.79 Å². The average molecular weight is 246 g/mol. The minimum absolute atomic E-state index is 0.0642. The molecule has 6 nitrogen and oxygen atoms in total. The molecular formula is C12H14N4O2. The second kappa shape index (κ2) is 5.42. The normalized spacial score (nSPS) is 12.3. The first-order valence-corrected chi connectivity index (χ1v) is 5.59. The van der Waals surface area contributed by atoms with Gasteiger partial charge in [0, 0.05) is 12.5 Å². The van der Waals surface area contributed by atoms with Gasteiger partial charge < -0.3 is 10.8 Å². The molecule has 6 heteroatoms. The highest BCUT2D eigenvalue weighted by Crippen LogP contribution is 2.18. The molecule has 94 valence electrons. The number of nitrogens with two attached hydrogens (primary N) is 1. The van der Waals surface area contributed by atoms with Crippen molar-refractivity contribution < 1.29 is 9.90 Å². The molecule has 0 saturated heterocycles. The second-order valence-electron chi connectivity index (χ2n) is 3.97. The van der Waals surface area contributed by atoms with E-state index in [1.54, 1.807) is 11.0 Å². The SMILES string of the molecule is NC(CCC(=O)O)c1cccc(-n2cncn2)c1. The van der Waals surface area contributed by atoms with Crippen LogP contribution in [-0.4, -0.2) is 25.8 Å². The molecule has 0 radical (unpaired) electrons. The molecule has 0 amide bonds. The summed E-state index contributed by atoms with van der Waals surface area (Å²) in [5.74, 6) is -0.835. The minimum atomic E-state index is -0.835. The Bertz CT molecular complexity index is 525. The number of carbonyl (C=O) groups is 1. The van der Waals surface area contributed by atoms with Gasteiger partial charge in [0.15, 0.2) is 0 Å². The Kier molecular flexibility index (Phi) is 3.69. The number of nitrogens with zero attached hydrogens (tertiary/aromatic N) is 3. The summed E-state index contributed by atoms with van der Waals surface area (Å²) in [4.78, 5) is 14.4. The Labute approximate surface area is 104 Å². The van der Waals surface area contributed by atoms with Crippen LogP contribution in [0.5, 0.6) is 0 Å². The zero-order valence-corrected chi connectivity index (χ0v) is 9.73.